The molecule has 5 rings (SSSR count). The summed E-state index contributed by atoms with van der Waals surface area (Å²) in [5, 5.41) is 16.1. The fourth-order valence-corrected chi connectivity index (χ4v) is 5.65. The highest BCUT2D eigenvalue weighted by molar-refractivity contribution is 7.99. The van der Waals surface area contributed by atoms with Gasteiger partial charge in [-0.15, -0.1) is 11.8 Å². The molecule has 0 spiro atoms. The van der Waals surface area contributed by atoms with Crippen LogP contribution < -0.4 is 10.6 Å². The lowest BCUT2D eigenvalue weighted by atomic mass is 9.99. The zero-order valence-corrected chi connectivity index (χ0v) is 23.8. The molecule has 41 heavy (non-hydrogen) atoms. The first-order chi connectivity index (χ1) is 20.1. The number of aromatic nitrogens is 1. The number of thioether (sulfide) groups is 1. The molecule has 4 aromatic rings. The van der Waals surface area contributed by atoms with E-state index in [-0.39, 0.29) is 24.8 Å². The highest BCUT2D eigenvalue weighted by Gasteiger charge is 2.32. The van der Waals surface area contributed by atoms with Gasteiger partial charge in [-0.2, -0.15) is 0 Å². The lowest BCUT2D eigenvalue weighted by Crippen LogP contribution is -2.34. The molecule has 2 amide bonds. The molecular formula is C33H35N3O4S. The van der Waals surface area contributed by atoms with Gasteiger partial charge in [0, 0.05) is 37.0 Å². The Hall–Kier alpha value is -3.69. The molecule has 1 fully saturated rings. The zero-order valence-electron chi connectivity index (χ0n) is 23.0. The van der Waals surface area contributed by atoms with Crippen molar-refractivity contribution in [2.45, 2.75) is 50.0 Å². The van der Waals surface area contributed by atoms with Crippen LogP contribution in [-0.2, 0) is 22.6 Å². The average molecular weight is 570 g/mol. The average Bonchev–Trinajstić information content (AvgIpc) is 3.03. The van der Waals surface area contributed by atoms with Crippen LogP contribution in [0.3, 0.4) is 0 Å². The molecule has 2 heterocycles. The Labute approximate surface area is 245 Å². The van der Waals surface area contributed by atoms with Crippen molar-refractivity contribution in [3.8, 4) is 11.1 Å². The zero-order chi connectivity index (χ0) is 28.4. The van der Waals surface area contributed by atoms with E-state index in [0.29, 0.717) is 13.1 Å². The summed E-state index contributed by atoms with van der Waals surface area (Å²) in [6.45, 7) is 2.93. The van der Waals surface area contributed by atoms with E-state index in [4.69, 9.17) is 9.47 Å². The van der Waals surface area contributed by atoms with Gasteiger partial charge in [-0.05, 0) is 59.0 Å². The van der Waals surface area contributed by atoms with Crippen LogP contribution in [0.1, 0.15) is 48.0 Å². The van der Waals surface area contributed by atoms with Crippen molar-refractivity contribution < 1.29 is 19.4 Å². The van der Waals surface area contributed by atoms with Gasteiger partial charge in [0.05, 0.1) is 23.8 Å². The lowest BCUT2D eigenvalue weighted by molar-refractivity contribution is -0.245. The minimum atomic E-state index is -0.539. The normalized spacial score (nSPS) is 18.5. The Balaban J connectivity index is 1.35. The summed E-state index contributed by atoms with van der Waals surface area (Å²) in [4.78, 5) is 16.3. The Morgan fingerprint density at radius 2 is 1.71 bits per heavy atom. The molecule has 0 bridgehead atoms. The van der Waals surface area contributed by atoms with Crippen LogP contribution in [0.25, 0.3) is 11.1 Å². The lowest BCUT2D eigenvalue weighted by Gasteiger charge is -2.36. The smallest absolute Gasteiger partial charge is 0.315 e. The molecule has 1 aliphatic heterocycles. The number of pyridine rings is 1. The summed E-state index contributed by atoms with van der Waals surface area (Å²) in [6.07, 6.45) is 1.79. The van der Waals surface area contributed by atoms with E-state index in [1.54, 1.807) is 18.0 Å². The van der Waals surface area contributed by atoms with Crippen molar-refractivity contribution in [2.24, 2.45) is 0 Å². The van der Waals surface area contributed by atoms with Gasteiger partial charge in [-0.3, -0.25) is 0 Å². The van der Waals surface area contributed by atoms with E-state index in [9.17, 15) is 9.90 Å². The standard InChI is InChI=1S/C33H35N3O4S/c1-2-34-33(38)36-20-24-7-5-8-26(17-24)27-9-6-10-28(18-27)32-39-29(22-41-31-11-3-4-16-35-31)19-30(40-32)25-14-12-23(21-37)13-15-25/h3-18,29-30,32,37H,2,19-22H2,1H3,(H2,34,36,38)/t29-,30+,32+/m1/s1. The molecule has 0 aliphatic carbocycles. The third-order valence-corrected chi connectivity index (χ3v) is 7.96. The number of hydrogen-bond donors (Lipinski definition) is 3. The van der Waals surface area contributed by atoms with E-state index in [0.717, 1.165) is 50.6 Å². The summed E-state index contributed by atoms with van der Waals surface area (Å²) in [6, 6.07) is 30.1. The van der Waals surface area contributed by atoms with Crippen LogP contribution in [0.5, 0.6) is 0 Å². The number of amides is 2. The molecule has 1 aromatic heterocycles. The summed E-state index contributed by atoms with van der Waals surface area (Å²) in [7, 11) is 0. The number of carbonyl (C=O) groups is 1. The minimum Gasteiger partial charge on any atom is -0.392 e. The van der Waals surface area contributed by atoms with Crippen molar-refractivity contribution in [1.82, 2.24) is 15.6 Å². The maximum Gasteiger partial charge on any atom is 0.315 e. The van der Waals surface area contributed by atoms with Crippen molar-refractivity contribution in [3.05, 3.63) is 119 Å². The predicted octanol–water partition coefficient (Wildman–Crippen LogP) is 6.40. The highest BCUT2D eigenvalue weighted by atomic mass is 32.2. The Kier molecular flexibility index (Phi) is 10.0. The monoisotopic (exact) mass is 569 g/mol. The molecule has 0 saturated carbocycles. The molecule has 1 saturated heterocycles. The maximum absolute atomic E-state index is 11.8. The first-order valence-electron chi connectivity index (χ1n) is 13.9. The first-order valence-corrected chi connectivity index (χ1v) is 14.8. The Morgan fingerprint density at radius 1 is 0.902 bits per heavy atom. The van der Waals surface area contributed by atoms with E-state index in [1.807, 2.05) is 73.7 Å². The number of urea groups is 1. The van der Waals surface area contributed by atoms with Crippen LogP contribution in [0.4, 0.5) is 4.79 Å². The minimum absolute atomic E-state index is 0.0108. The van der Waals surface area contributed by atoms with Crippen LogP contribution in [0.15, 0.2) is 102 Å². The number of ether oxygens (including phenoxy) is 2. The van der Waals surface area contributed by atoms with Gasteiger partial charge >= 0.3 is 6.03 Å². The van der Waals surface area contributed by atoms with Crippen LogP contribution >= 0.6 is 11.8 Å². The summed E-state index contributed by atoms with van der Waals surface area (Å²) >= 11 is 1.68. The highest BCUT2D eigenvalue weighted by Crippen LogP contribution is 2.40. The van der Waals surface area contributed by atoms with Crippen LogP contribution in [0.2, 0.25) is 0 Å². The molecule has 3 N–H and O–H groups in total. The van der Waals surface area contributed by atoms with E-state index >= 15 is 0 Å². The summed E-state index contributed by atoms with van der Waals surface area (Å²) in [5.41, 5.74) is 5.99. The molecule has 3 atom stereocenters. The topological polar surface area (TPSA) is 92.7 Å². The second kappa shape index (κ2) is 14.3. The van der Waals surface area contributed by atoms with Crippen LogP contribution in [0, 0.1) is 0 Å². The molecular weight excluding hydrogens is 534 g/mol. The Morgan fingerprint density at radius 3 is 2.46 bits per heavy atom. The van der Waals surface area contributed by atoms with Crippen molar-refractivity contribution in [1.29, 1.82) is 0 Å². The SMILES string of the molecule is CCNC(=O)NCc1cccc(-c2cccc([C@H]3O[C@@H](CSc4ccccn4)C[C@@H](c4ccc(CO)cc4)O3)c2)c1. The van der Waals surface area contributed by atoms with Crippen LogP contribution in [-0.4, -0.2) is 34.5 Å². The van der Waals surface area contributed by atoms with Gasteiger partial charge in [-0.1, -0.05) is 66.7 Å². The van der Waals surface area contributed by atoms with Gasteiger partial charge in [0.1, 0.15) is 0 Å². The van der Waals surface area contributed by atoms with Gasteiger partial charge in [-0.25, -0.2) is 9.78 Å². The molecule has 1 aliphatic rings. The fraction of sp³-hybridized carbons (Fsp3) is 0.273. The van der Waals surface area contributed by atoms with Gasteiger partial charge < -0.3 is 25.2 Å². The van der Waals surface area contributed by atoms with Crippen molar-refractivity contribution in [2.75, 3.05) is 12.3 Å². The van der Waals surface area contributed by atoms with Gasteiger partial charge in [0.25, 0.3) is 0 Å². The Bertz CT molecular complexity index is 1420. The van der Waals surface area contributed by atoms with E-state index in [2.05, 4.69) is 39.9 Å². The largest absolute Gasteiger partial charge is 0.392 e. The molecule has 0 unspecified atom stereocenters. The number of carbonyl (C=O) groups excluding carboxylic acids is 1. The summed E-state index contributed by atoms with van der Waals surface area (Å²) < 4.78 is 13.1. The number of aliphatic hydroxyl groups excluding tert-OH is 1. The number of rotatable bonds is 10. The number of aliphatic hydroxyl groups is 1. The van der Waals surface area contributed by atoms with E-state index in [1.165, 1.54) is 0 Å². The first kappa shape index (κ1) is 28.8. The molecule has 0 radical (unpaired) electrons. The van der Waals surface area contributed by atoms with Crippen molar-refractivity contribution in [3.63, 3.8) is 0 Å². The number of hydrogen-bond acceptors (Lipinski definition) is 6. The number of nitrogens with zero attached hydrogens (tertiary/aromatic N) is 1. The predicted molar refractivity (Wildman–Crippen MR) is 161 cm³/mol. The molecule has 212 valence electrons. The second-order valence-corrected chi connectivity index (χ2v) is 10.9. The number of benzene rings is 3. The molecule has 7 nitrogen and oxygen atoms in total. The summed E-state index contributed by atoms with van der Waals surface area (Å²) in [5.74, 6) is 0.752. The third kappa shape index (κ3) is 7.95. The molecule has 3 aromatic carbocycles. The van der Waals surface area contributed by atoms with Gasteiger partial charge in [0.2, 0.25) is 0 Å². The van der Waals surface area contributed by atoms with E-state index < -0.39 is 6.29 Å². The van der Waals surface area contributed by atoms with Crippen molar-refractivity contribution >= 4 is 17.8 Å². The quantitative estimate of drug-likeness (QED) is 0.192. The number of nitrogens with one attached hydrogen (secondary N) is 2. The van der Waals surface area contributed by atoms with Gasteiger partial charge in [0.15, 0.2) is 6.29 Å². The third-order valence-electron chi connectivity index (χ3n) is 6.88. The fourth-order valence-electron chi connectivity index (χ4n) is 4.76. The maximum atomic E-state index is 11.8. The second-order valence-electron chi connectivity index (χ2n) is 9.87. The molecule has 8 heteroatoms.